The van der Waals surface area contributed by atoms with Gasteiger partial charge in [-0.1, -0.05) is 20.3 Å². The van der Waals surface area contributed by atoms with Gasteiger partial charge in [-0.2, -0.15) is 10.2 Å². The third-order valence-electron chi connectivity index (χ3n) is 3.69. The highest BCUT2D eigenvalue weighted by Gasteiger charge is 2.26. The first-order valence-electron chi connectivity index (χ1n) is 6.27. The van der Waals surface area contributed by atoms with E-state index in [0.29, 0.717) is 6.04 Å². The number of nitrogens with zero attached hydrogens (tertiary/aromatic N) is 2. The highest BCUT2D eigenvalue weighted by Crippen LogP contribution is 2.28. The summed E-state index contributed by atoms with van der Waals surface area (Å²) in [6.45, 7) is 5.54. The third-order valence-corrected chi connectivity index (χ3v) is 3.69. The van der Waals surface area contributed by atoms with Crippen molar-refractivity contribution in [2.75, 3.05) is 0 Å². The lowest BCUT2D eigenvalue weighted by Crippen LogP contribution is -2.42. The molecular weight excluding hydrogens is 198 g/mol. The van der Waals surface area contributed by atoms with Gasteiger partial charge in [0.2, 0.25) is 0 Å². The van der Waals surface area contributed by atoms with Gasteiger partial charge in [0.1, 0.15) is 0 Å². The van der Waals surface area contributed by atoms with Crippen LogP contribution in [0.1, 0.15) is 38.8 Å². The van der Waals surface area contributed by atoms with E-state index in [0.717, 1.165) is 24.1 Å². The number of aromatic nitrogens is 2. The lowest BCUT2D eigenvalue weighted by molar-refractivity contribution is 0.207. The molecule has 88 valence electrons. The molecule has 0 bridgehead atoms. The van der Waals surface area contributed by atoms with Crippen LogP contribution in [0.25, 0.3) is 0 Å². The molecule has 1 N–H and O–H groups in total. The summed E-state index contributed by atoms with van der Waals surface area (Å²) in [5.41, 5.74) is 1.03. The summed E-state index contributed by atoms with van der Waals surface area (Å²) in [5, 5.41) is 11.6. The van der Waals surface area contributed by atoms with Gasteiger partial charge in [0, 0.05) is 18.8 Å². The van der Waals surface area contributed by atoms with Crippen molar-refractivity contribution in [2.24, 2.45) is 11.8 Å². The molecule has 2 rings (SSSR count). The Balaban J connectivity index is 1.89. The van der Waals surface area contributed by atoms with Gasteiger partial charge < -0.3 is 5.32 Å². The van der Waals surface area contributed by atoms with E-state index in [2.05, 4.69) is 29.4 Å². The minimum Gasteiger partial charge on any atom is -0.308 e. The maximum absolute atomic E-state index is 4.10. The van der Waals surface area contributed by atoms with Crippen LogP contribution in [0.3, 0.4) is 0 Å². The van der Waals surface area contributed by atoms with E-state index in [1.165, 1.54) is 19.3 Å². The molecule has 0 spiro atoms. The van der Waals surface area contributed by atoms with Gasteiger partial charge in [-0.15, -0.1) is 0 Å². The molecule has 1 saturated carbocycles. The Morgan fingerprint density at radius 1 is 1.31 bits per heavy atom. The van der Waals surface area contributed by atoms with Crippen LogP contribution < -0.4 is 5.32 Å². The standard InChI is InChI=1S/C13H21N3/c1-10-5-3-6-11(2)13(10)14-9-12-7-4-8-15-16-12/h4,7-8,10-11,13-14H,3,5-6,9H2,1-2H3. The summed E-state index contributed by atoms with van der Waals surface area (Å²) >= 11 is 0. The zero-order valence-corrected chi connectivity index (χ0v) is 10.2. The molecule has 3 heteroatoms. The largest absolute Gasteiger partial charge is 0.308 e. The number of hydrogen-bond donors (Lipinski definition) is 1. The molecule has 1 aliphatic rings. The van der Waals surface area contributed by atoms with Gasteiger partial charge in [-0.05, 0) is 36.8 Å². The number of rotatable bonds is 3. The highest BCUT2D eigenvalue weighted by atomic mass is 15.1. The SMILES string of the molecule is CC1CCCC(C)C1NCc1cccnn1. The molecule has 0 aliphatic heterocycles. The van der Waals surface area contributed by atoms with Crippen molar-refractivity contribution in [2.45, 2.75) is 45.7 Å². The van der Waals surface area contributed by atoms with E-state index < -0.39 is 0 Å². The fourth-order valence-corrected chi connectivity index (χ4v) is 2.73. The predicted molar refractivity (Wildman–Crippen MR) is 64.8 cm³/mol. The summed E-state index contributed by atoms with van der Waals surface area (Å²) in [7, 11) is 0. The Morgan fingerprint density at radius 2 is 2.06 bits per heavy atom. The first-order chi connectivity index (χ1) is 7.77. The van der Waals surface area contributed by atoms with E-state index in [1.54, 1.807) is 6.20 Å². The lowest BCUT2D eigenvalue weighted by Gasteiger charge is -2.35. The van der Waals surface area contributed by atoms with Crippen LogP contribution in [-0.4, -0.2) is 16.2 Å². The average molecular weight is 219 g/mol. The van der Waals surface area contributed by atoms with Crippen molar-refractivity contribution in [1.29, 1.82) is 0 Å². The van der Waals surface area contributed by atoms with Gasteiger partial charge in [0.15, 0.2) is 0 Å². The second kappa shape index (κ2) is 5.39. The second-order valence-corrected chi connectivity index (χ2v) is 5.01. The lowest BCUT2D eigenvalue weighted by atomic mass is 9.79. The Morgan fingerprint density at radius 3 is 2.69 bits per heavy atom. The van der Waals surface area contributed by atoms with Crippen molar-refractivity contribution < 1.29 is 0 Å². The zero-order valence-electron chi connectivity index (χ0n) is 10.2. The van der Waals surface area contributed by atoms with E-state index in [1.807, 2.05) is 12.1 Å². The van der Waals surface area contributed by atoms with E-state index >= 15 is 0 Å². The molecule has 2 unspecified atom stereocenters. The van der Waals surface area contributed by atoms with Crippen molar-refractivity contribution in [3.05, 3.63) is 24.0 Å². The molecule has 0 aromatic carbocycles. The van der Waals surface area contributed by atoms with Crippen LogP contribution >= 0.6 is 0 Å². The quantitative estimate of drug-likeness (QED) is 0.848. The molecular formula is C13H21N3. The third kappa shape index (κ3) is 2.79. The van der Waals surface area contributed by atoms with Crippen LogP contribution in [0.2, 0.25) is 0 Å². The molecule has 1 aromatic heterocycles. The zero-order chi connectivity index (χ0) is 11.4. The monoisotopic (exact) mass is 219 g/mol. The Kier molecular flexibility index (Phi) is 3.88. The molecule has 1 fully saturated rings. The molecule has 0 radical (unpaired) electrons. The summed E-state index contributed by atoms with van der Waals surface area (Å²) in [6, 6.07) is 4.60. The van der Waals surface area contributed by atoms with Gasteiger partial charge in [0.05, 0.1) is 5.69 Å². The van der Waals surface area contributed by atoms with Crippen LogP contribution in [-0.2, 0) is 6.54 Å². The average Bonchev–Trinajstić information content (AvgIpc) is 2.30. The first kappa shape index (κ1) is 11.5. The van der Waals surface area contributed by atoms with Crippen LogP contribution in [0.5, 0.6) is 0 Å². The fourth-order valence-electron chi connectivity index (χ4n) is 2.73. The van der Waals surface area contributed by atoms with Crippen molar-refractivity contribution >= 4 is 0 Å². The first-order valence-corrected chi connectivity index (χ1v) is 6.27. The summed E-state index contributed by atoms with van der Waals surface area (Å²) in [5.74, 6) is 1.56. The minimum absolute atomic E-state index is 0.635. The smallest absolute Gasteiger partial charge is 0.0769 e. The molecule has 1 aliphatic carbocycles. The molecule has 3 nitrogen and oxygen atoms in total. The van der Waals surface area contributed by atoms with Crippen LogP contribution in [0.4, 0.5) is 0 Å². The molecule has 0 saturated heterocycles. The van der Waals surface area contributed by atoms with E-state index in [9.17, 15) is 0 Å². The van der Waals surface area contributed by atoms with Crippen LogP contribution in [0, 0.1) is 11.8 Å². The Labute approximate surface area is 97.7 Å². The maximum Gasteiger partial charge on any atom is 0.0769 e. The van der Waals surface area contributed by atoms with Crippen molar-refractivity contribution in [1.82, 2.24) is 15.5 Å². The number of nitrogens with one attached hydrogen (secondary N) is 1. The molecule has 1 aromatic rings. The predicted octanol–water partition coefficient (Wildman–Crippen LogP) is 2.39. The molecule has 1 heterocycles. The van der Waals surface area contributed by atoms with Gasteiger partial charge in [-0.3, -0.25) is 0 Å². The van der Waals surface area contributed by atoms with Gasteiger partial charge in [-0.25, -0.2) is 0 Å². The molecule has 0 amide bonds. The second-order valence-electron chi connectivity index (χ2n) is 5.01. The highest BCUT2D eigenvalue weighted by molar-refractivity contribution is 4.99. The summed E-state index contributed by atoms with van der Waals surface area (Å²) in [6.07, 6.45) is 5.80. The van der Waals surface area contributed by atoms with E-state index in [-0.39, 0.29) is 0 Å². The van der Waals surface area contributed by atoms with Crippen molar-refractivity contribution in [3.63, 3.8) is 0 Å². The van der Waals surface area contributed by atoms with E-state index in [4.69, 9.17) is 0 Å². The van der Waals surface area contributed by atoms with Crippen LogP contribution in [0.15, 0.2) is 18.3 Å². The number of hydrogen-bond acceptors (Lipinski definition) is 3. The summed E-state index contributed by atoms with van der Waals surface area (Å²) < 4.78 is 0. The summed E-state index contributed by atoms with van der Waals surface area (Å²) in [4.78, 5) is 0. The molecule has 2 atom stereocenters. The molecule has 16 heavy (non-hydrogen) atoms. The normalized spacial score (nSPS) is 30.2. The van der Waals surface area contributed by atoms with Gasteiger partial charge >= 0.3 is 0 Å². The van der Waals surface area contributed by atoms with Crippen molar-refractivity contribution in [3.8, 4) is 0 Å². The minimum atomic E-state index is 0.635. The topological polar surface area (TPSA) is 37.8 Å². The van der Waals surface area contributed by atoms with Gasteiger partial charge in [0.25, 0.3) is 0 Å². The fraction of sp³-hybridized carbons (Fsp3) is 0.692. The Bertz CT molecular complexity index is 302. The maximum atomic E-state index is 4.10. The Hall–Kier alpha value is -0.960.